The minimum absolute atomic E-state index is 0.0852. The molecule has 3 N–H and O–H groups in total. The van der Waals surface area contributed by atoms with Crippen LogP contribution in [0.2, 0.25) is 0 Å². The van der Waals surface area contributed by atoms with E-state index < -0.39 is 9.84 Å². The number of benzene rings is 2. The molecule has 2 rings (SSSR count). The summed E-state index contributed by atoms with van der Waals surface area (Å²) in [4.78, 5) is 18.4. The predicted molar refractivity (Wildman–Crippen MR) is 101 cm³/mol. The number of hydrogen-bond donors (Lipinski definition) is 2. The fraction of sp³-hybridized carbons (Fsp3) is 0.222. The van der Waals surface area contributed by atoms with Crippen molar-refractivity contribution < 1.29 is 13.2 Å². The van der Waals surface area contributed by atoms with Gasteiger partial charge in [0.1, 0.15) is 0 Å². The second kappa shape index (κ2) is 8.59. The van der Waals surface area contributed by atoms with Crippen molar-refractivity contribution in [1.82, 2.24) is 10.3 Å². The van der Waals surface area contributed by atoms with E-state index in [-0.39, 0.29) is 22.3 Å². The highest BCUT2D eigenvalue weighted by Gasteiger charge is 2.21. The van der Waals surface area contributed by atoms with Gasteiger partial charge in [0.2, 0.25) is 5.96 Å². The van der Waals surface area contributed by atoms with Crippen LogP contribution in [-0.4, -0.2) is 45.0 Å². The van der Waals surface area contributed by atoms with Crippen molar-refractivity contribution in [2.45, 2.75) is 11.3 Å². The van der Waals surface area contributed by atoms with E-state index in [2.05, 4.69) is 10.4 Å². The summed E-state index contributed by atoms with van der Waals surface area (Å²) in [5.74, 6) is 5.32. The number of rotatable bonds is 5. The highest BCUT2D eigenvalue weighted by atomic mass is 32.2. The van der Waals surface area contributed by atoms with Crippen molar-refractivity contribution in [3.63, 3.8) is 0 Å². The van der Waals surface area contributed by atoms with E-state index >= 15 is 0 Å². The number of amides is 1. The van der Waals surface area contributed by atoms with E-state index in [1.807, 2.05) is 30.3 Å². The summed E-state index contributed by atoms with van der Waals surface area (Å²) in [7, 11) is -1.89. The summed E-state index contributed by atoms with van der Waals surface area (Å²) in [6.07, 6.45) is 1.70. The molecule has 0 aromatic heterocycles. The van der Waals surface area contributed by atoms with Crippen molar-refractivity contribution in [3.8, 4) is 0 Å². The monoisotopic (exact) mass is 374 g/mol. The number of aliphatic imine (C=N–C) groups is 1. The zero-order chi connectivity index (χ0) is 19.2. The van der Waals surface area contributed by atoms with Crippen LogP contribution in [0, 0.1) is 0 Å². The molecule has 0 saturated carbocycles. The van der Waals surface area contributed by atoms with E-state index in [4.69, 9.17) is 5.84 Å². The quantitative estimate of drug-likeness (QED) is 0.354. The average Bonchev–Trinajstić information content (AvgIpc) is 2.65. The molecule has 0 fully saturated rings. The lowest BCUT2D eigenvalue weighted by atomic mass is 10.1. The fourth-order valence-electron chi connectivity index (χ4n) is 2.47. The van der Waals surface area contributed by atoms with Crippen molar-refractivity contribution in [3.05, 3.63) is 65.7 Å². The molecular formula is C18H22N4O3S. The molecule has 2 aromatic carbocycles. The third-order valence-corrected chi connectivity index (χ3v) is 4.93. The maximum atomic E-state index is 13.0. The Balaban J connectivity index is 2.31. The zero-order valence-corrected chi connectivity index (χ0v) is 15.5. The Bertz CT molecular complexity index is 896. The number of hydrogen-bond acceptors (Lipinski definition) is 5. The maximum absolute atomic E-state index is 13.0. The normalized spacial score (nSPS) is 11.9. The van der Waals surface area contributed by atoms with Crippen molar-refractivity contribution in [2.75, 3.05) is 19.8 Å². The summed E-state index contributed by atoms with van der Waals surface area (Å²) in [5.41, 5.74) is 3.73. The van der Waals surface area contributed by atoms with Gasteiger partial charge in [-0.2, -0.15) is 0 Å². The third kappa shape index (κ3) is 4.90. The molecule has 2 aromatic rings. The molecule has 138 valence electrons. The topological polar surface area (TPSA) is 105 Å². The van der Waals surface area contributed by atoms with E-state index in [1.165, 1.54) is 30.1 Å². The van der Waals surface area contributed by atoms with E-state index in [9.17, 15) is 13.2 Å². The van der Waals surface area contributed by atoms with Gasteiger partial charge in [0, 0.05) is 25.4 Å². The van der Waals surface area contributed by atoms with E-state index in [1.54, 1.807) is 6.07 Å². The Hall–Kier alpha value is -2.71. The van der Waals surface area contributed by atoms with Crippen LogP contribution < -0.4 is 11.3 Å². The van der Waals surface area contributed by atoms with Gasteiger partial charge < -0.3 is 0 Å². The van der Waals surface area contributed by atoms with Gasteiger partial charge in [0.25, 0.3) is 5.91 Å². The molecule has 0 saturated heterocycles. The molecule has 0 spiro atoms. The molecule has 26 heavy (non-hydrogen) atoms. The summed E-state index contributed by atoms with van der Waals surface area (Å²) in [6.45, 7) is 0.336. The first-order chi connectivity index (χ1) is 12.4. The van der Waals surface area contributed by atoms with E-state index in [0.717, 1.165) is 11.8 Å². The second-order valence-corrected chi connectivity index (χ2v) is 7.70. The van der Waals surface area contributed by atoms with Crippen molar-refractivity contribution >= 4 is 21.7 Å². The highest BCUT2D eigenvalue weighted by molar-refractivity contribution is 7.90. The second-order valence-electron chi connectivity index (χ2n) is 5.68. The average molecular weight is 374 g/mol. The molecule has 7 nitrogen and oxygen atoms in total. The van der Waals surface area contributed by atoms with Crippen molar-refractivity contribution in [2.24, 2.45) is 10.8 Å². The van der Waals surface area contributed by atoms with Gasteiger partial charge in [-0.15, -0.1) is 0 Å². The number of carbonyl (C=O) groups excluding carboxylic acids is 1. The largest absolute Gasteiger partial charge is 0.294 e. The Morgan fingerprint density at radius 3 is 2.42 bits per heavy atom. The minimum atomic E-state index is -3.41. The SMILES string of the molecule is CN=C(NN)N(CCc1ccccc1)C(=O)c1cccc(S(C)(=O)=O)c1. The number of nitrogens with one attached hydrogen (secondary N) is 1. The van der Waals surface area contributed by atoms with Gasteiger partial charge in [-0.1, -0.05) is 36.4 Å². The van der Waals surface area contributed by atoms with Gasteiger partial charge in [0.05, 0.1) is 4.90 Å². The minimum Gasteiger partial charge on any atom is -0.294 e. The number of guanidine groups is 1. The summed E-state index contributed by atoms with van der Waals surface area (Å²) in [6, 6.07) is 15.6. The molecule has 0 atom stereocenters. The Kier molecular flexibility index (Phi) is 6.48. The number of sulfone groups is 1. The lowest BCUT2D eigenvalue weighted by Crippen LogP contribution is -2.48. The molecule has 8 heteroatoms. The predicted octanol–water partition coefficient (Wildman–Crippen LogP) is 1.22. The molecular weight excluding hydrogens is 352 g/mol. The maximum Gasteiger partial charge on any atom is 0.260 e. The summed E-state index contributed by atoms with van der Waals surface area (Å²) < 4.78 is 23.5. The van der Waals surface area contributed by atoms with Crippen LogP contribution in [0.25, 0.3) is 0 Å². The van der Waals surface area contributed by atoms with E-state index in [0.29, 0.717) is 13.0 Å². The molecule has 0 aliphatic heterocycles. The number of carbonyl (C=O) groups is 1. The highest BCUT2D eigenvalue weighted by Crippen LogP contribution is 2.14. The van der Waals surface area contributed by atoms with Gasteiger partial charge in [-0.25, -0.2) is 14.3 Å². The van der Waals surface area contributed by atoms with Gasteiger partial charge in [-0.05, 0) is 30.2 Å². The fourth-order valence-corrected chi connectivity index (χ4v) is 3.13. The smallest absolute Gasteiger partial charge is 0.260 e. The first kappa shape index (κ1) is 19.6. The van der Waals surface area contributed by atoms with Crippen LogP contribution in [0.5, 0.6) is 0 Å². The zero-order valence-electron chi connectivity index (χ0n) is 14.7. The van der Waals surface area contributed by atoms with Crippen LogP contribution >= 0.6 is 0 Å². The van der Waals surface area contributed by atoms with Crippen LogP contribution in [0.3, 0.4) is 0 Å². The first-order valence-corrected chi connectivity index (χ1v) is 9.85. The van der Waals surface area contributed by atoms with Crippen LogP contribution in [-0.2, 0) is 16.3 Å². The first-order valence-electron chi connectivity index (χ1n) is 7.96. The lowest BCUT2D eigenvalue weighted by Gasteiger charge is -2.23. The molecule has 0 bridgehead atoms. The molecule has 0 unspecified atom stereocenters. The standard InChI is InChI=1S/C18H22N4O3S/c1-20-18(21-19)22(12-11-14-7-4-3-5-8-14)17(23)15-9-6-10-16(13-15)26(2,24)25/h3-10,13H,11-12,19H2,1-2H3,(H,20,21). The molecule has 0 aliphatic carbocycles. The Morgan fingerprint density at radius 2 is 1.85 bits per heavy atom. The van der Waals surface area contributed by atoms with Crippen molar-refractivity contribution in [1.29, 1.82) is 0 Å². The van der Waals surface area contributed by atoms with Crippen LogP contribution in [0.4, 0.5) is 0 Å². The summed E-state index contributed by atoms with van der Waals surface area (Å²) in [5, 5.41) is 0. The lowest BCUT2D eigenvalue weighted by molar-refractivity contribution is 0.0843. The number of nitrogens with two attached hydrogens (primary N) is 1. The molecule has 0 radical (unpaired) electrons. The van der Waals surface area contributed by atoms with Gasteiger partial charge in [0.15, 0.2) is 9.84 Å². The third-order valence-electron chi connectivity index (χ3n) is 3.82. The van der Waals surface area contributed by atoms with Gasteiger partial charge >= 0.3 is 0 Å². The van der Waals surface area contributed by atoms with Gasteiger partial charge in [-0.3, -0.25) is 20.1 Å². The summed E-state index contributed by atoms with van der Waals surface area (Å²) >= 11 is 0. The Morgan fingerprint density at radius 1 is 1.15 bits per heavy atom. The molecule has 1 amide bonds. The van der Waals surface area contributed by atoms with Crippen LogP contribution in [0.15, 0.2) is 64.5 Å². The molecule has 0 aliphatic rings. The van der Waals surface area contributed by atoms with Crippen LogP contribution in [0.1, 0.15) is 15.9 Å². The molecule has 0 heterocycles. The Labute approximate surface area is 153 Å². The number of nitrogens with zero attached hydrogens (tertiary/aromatic N) is 2. The number of hydrazine groups is 1.